The lowest BCUT2D eigenvalue weighted by atomic mass is 10.2. The van der Waals surface area contributed by atoms with Crippen LogP contribution in [0.2, 0.25) is 0 Å². The second-order valence-corrected chi connectivity index (χ2v) is 5.38. The predicted molar refractivity (Wildman–Crippen MR) is 87.2 cm³/mol. The zero-order chi connectivity index (χ0) is 14.7. The van der Waals surface area contributed by atoms with Crippen molar-refractivity contribution in [3.8, 4) is 11.4 Å². The summed E-state index contributed by atoms with van der Waals surface area (Å²) in [5.74, 6) is 1.03. The highest BCUT2D eigenvalue weighted by Gasteiger charge is 2.06. The number of rotatable bonds is 3. The van der Waals surface area contributed by atoms with Crippen LogP contribution in [0.5, 0.6) is 0 Å². The summed E-state index contributed by atoms with van der Waals surface area (Å²) in [5, 5.41) is 3.97. The molecule has 4 nitrogen and oxygen atoms in total. The minimum Gasteiger partial charge on any atom is -0.399 e. The third kappa shape index (κ3) is 3.38. The molecule has 21 heavy (non-hydrogen) atoms. The first-order valence-corrected chi connectivity index (χ1v) is 7.13. The van der Waals surface area contributed by atoms with Crippen LogP contribution >= 0.6 is 15.9 Å². The van der Waals surface area contributed by atoms with E-state index in [1.807, 2.05) is 54.6 Å². The molecule has 5 heteroatoms. The number of benzene rings is 2. The largest absolute Gasteiger partial charge is 0.399 e. The van der Waals surface area contributed by atoms with Crippen molar-refractivity contribution in [1.29, 1.82) is 0 Å². The summed E-state index contributed by atoms with van der Waals surface area (Å²) in [6.07, 6.45) is 3.68. The van der Waals surface area contributed by atoms with E-state index < -0.39 is 0 Å². The molecule has 3 aromatic rings. The first-order valence-electron chi connectivity index (χ1n) is 6.34. The van der Waals surface area contributed by atoms with Gasteiger partial charge in [-0.25, -0.2) is 0 Å². The van der Waals surface area contributed by atoms with Crippen molar-refractivity contribution in [3.63, 3.8) is 0 Å². The molecular formula is C16H12BrN3O. The number of halogens is 1. The summed E-state index contributed by atoms with van der Waals surface area (Å²) < 4.78 is 6.22. The Kier molecular flexibility index (Phi) is 3.83. The molecule has 0 aliphatic heterocycles. The third-order valence-corrected chi connectivity index (χ3v) is 3.43. The lowest BCUT2D eigenvalue weighted by Gasteiger charge is -1.93. The summed E-state index contributed by atoms with van der Waals surface area (Å²) in [5.41, 5.74) is 8.31. The first-order chi connectivity index (χ1) is 10.2. The number of hydrogen-bond donors (Lipinski definition) is 1. The highest BCUT2D eigenvalue weighted by molar-refractivity contribution is 9.10. The Labute approximate surface area is 130 Å². The van der Waals surface area contributed by atoms with Crippen LogP contribution in [0, 0.1) is 0 Å². The van der Waals surface area contributed by atoms with E-state index in [0.29, 0.717) is 11.7 Å². The minimum absolute atomic E-state index is 0.463. The van der Waals surface area contributed by atoms with Gasteiger partial charge in [0.25, 0.3) is 5.89 Å². The molecule has 0 atom stereocenters. The molecule has 0 saturated carbocycles. The molecule has 0 spiro atoms. The van der Waals surface area contributed by atoms with Crippen molar-refractivity contribution in [2.75, 3.05) is 5.73 Å². The molecule has 1 aromatic heterocycles. The van der Waals surface area contributed by atoms with Crippen molar-refractivity contribution in [3.05, 3.63) is 64.5 Å². The Morgan fingerprint density at radius 1 is 0.952 bits per heavy atom. The van der Waals surface area contributed by atoms with Gasteiger partial charge < -0.3 is 10.3 Å². The fourth-order valence-electron chi connectivity index (χ4n) is 1.79. The van der Waals surface area contributed by atoms with Gasteiger partial charge in [-0.2, -0.15) is 4.98 Å². The molecule has 0 radical (unpaired) electrons. The molecular weight excluding hydrogens is 330 g/mol. The number of nitrogen functional groups attached to an aromatic ring is 1. The van der Waals surface area contributed by atoms with E-state index in [-0.39, 0.29) is 0 Å². The summed E-state index contributed by atoms with van der Waals surface area (Å²) in [4.78, 5) is 4.34. The molecule has 0 fully saturated rings. The molecule has 0 amide bonds. The number of hydrogen-bond acceptors (Lipinski definition) is 4. The zero-order valence-electron chi connectivity index (χ0n) is 11.0. The number of nitrogens with zero attached hydrogens (tertiary/aromatic N) is 2. The van der Waals surface area contributed by atoms with Gasteiger partial charge in [0.1, 0.15) is 0 Å². The minimum atomic E-state index is 0.463. The maximum Gasteiger partial charge on any atom is 0.250 e. The highest BCUT2D eigenvalue weighted by Crippen LogP contribution is 2.19. The lowest BCUT2D eigenvalue weighted by Crippen LogP contribution is -1.82. The van der Waals surface area contributed by atoms with Gasteiger partial charge in [0, 0.05) is 21.8 Å². The average molecular weight is 342 g/mol. The monoisotopic (exact) mass is 341 g/mol. The van der Waals surface area contributed by atoms with Gasteiger partial charge in [0.15, 0.2) is 0 Å². The number of aromatic nitrogens is 2. The van der Waals surface area contributed by atoms with Crippen molar-refractivity contribution in [2.45, 2.75) is 0 Å². The second kappa shape index (κ2) is 5.93. The predicted octanol–water partition coefficient (Wildman–Crippen LogP) is 4.25. The second-order valence-electron chi connectivity index (χ2n) is 4.46. The summed E-state index contributed by atoms with van der Waals surface area (Å²) in [7, 11) is 0. The number of anilines is 1. The number of nitrogens with two attached hydrogens (primary N) is 1. The van der Waals surface area contributed by atoms with E-state index in [2.05, 4.69) is 26.1 Å². The molecule has 0 aliphatic rings. The van der Waals surface area contributed by atoms with Crippen molar-refractivity contribution in [1.82, 2.24) is 10.1 Å². The molecule has 104 valence electrons. The lowest BCUT2D eigenvalue weighted by molar-refractivity contribution is 0.411. The van der Waals surface area contributed by atoms with E-state index in [1.165, 1.54) is 0 Å². The Bertz CT molecular complexity index is 761. The van der Waals surface area contributed by atoms with Crippen molar-refractivity contribution < 1.29 is 4.52 Å². The first kappa shape index (κ1) is 13.6. The van der Waals surface area contributed by atoms with E-state index in [9.17, 15) is 0 Å². The third-order valence-electron chi connectivity index (χ3n) is 2.90. The molecule has 0 saturated heterocycles. The van der Waals surface area contributed by atoms with Crippen LogP contribution in [0.25, 0.3) is 23.5 Å². The van der Waals surface area contributed by atoms with Gasteiger partial charge >= 0.3 is 0 Å². The molecule has 0 unspecified atom stereocenters. The molecule has 1 heterocycles. The van der Waals surface area contributed by atoms with Crippen LogP contribution in [0.4, 0.5) is 5.69 Å². The fourth-order valence-corrected chi connectivity index (χ4v) is 2.06. The van der Waals surface area contributed by atoms with Gasteiger partial charge in [-0.15, -0.1) is 0 Å². The van der Waals surface area contributed by atoms with E-state index in [0.717, 1.165) is 21.3 Å². The summed E-state index contributed by atoms with van der Waals surface area (Å²) in [6.45, 7) is 0. The van der Waals surface area contributed by atoms with Gasteiger partial charge in [0.05, 0.1) is 0 Å². The maximum atomic E-state index is 5.64. The molecule has 2 N–H and O–H groups in total. The Morgan fingerprint density at radius 2 is 1.67 bits per heavy atom. The maximum absolute atomic E-state index is 5.64. The Balaban J connectivity index is 1.78. The van der Waals surface area contributed by atoms with Crippen LogP contribution in [-0.4, -0.2) is 10.1 Å². The van der Waals surface area contributed by atoms with Crippen LogP contribution in [-0.2, 0) is 0 Å². The quantitative estimate of drug-likeness (QED) is 0.723. The van der Waals surface area contributed by atoms with Gasteiger partial charge in [-0.05, 0) is 48.0 Å². The van der Waals surface area contributed by atoms with Crippen molar-refractivity contribution >= 4 is 33.8 Å². The van der Waals surface area contributed by atoms with Crippen LogP contribution < -0.4 is 5.73 Å². The molecule has 2 aromatic carbocycles. The molecule has 3 rings (SSSR count). The van der Waals surface area contributed by atoms with E-state index in [4.69, 9.17) is 10.3 Å². The van der Waals surface area contributed by atoms with Crippen LogP contribution in [0.1, 0.15) is 11.5 Å². The molecule has 0 aliphatic carbocycles. The SMILES string of the molecule is Nc1ccc(/C=C/c2nc(-c3ccc(Br)cc3)no2)cc1. The van der Waals surface area contributed by atoms with Gasteiger partial charge in [-0.1, -0.05) is 33.2 Å². The standard InChI is InChI=1S/C16H12BrN3O/c17-13-6-4-12(5-7-13)16-19-15(21-20-16)10-3-11-1-8-14(18)9-2-11/h1-10H,18H2/b10-3+. The normalized spacial score (nSPS) is 11.1. The van der Waals surface area contributed by atoms with E-state index >= 15 is 0 Å². The van der Waals surface area contributed by atoms with Gasteiger partial charge in [-0.3, -0.25) is 0 Å². The van der Waals surface area contributed by atoms with Gasteiger partial charge in [0.2, 0.25) is 5.82 Å². The van der Waals surface area contributed by atoms with Crippen LogP contribution in [0.15, 0.2) is 57.5 Å². The van der Waals surface area contributed by atoms with Crippen LogP contribution in [0.3, 0.4) is 0 Å². The summed E-state index contributed by atoms with van der Waals surface area (Å²) in [6, 6.07) is 15.3. The Morgan fingerprint density at radius 3 is 2.38 bits per heavy atom. The smallest absolute Gasteiger partial charge is 0.250 e. The summed E-state index contributed by atoms with van der Waals surface area (Å²) >= 11 is 3.39. The average Bonchev–Trinajstić information content (AvgIpc) is 2.96. The topological polar surface area (TPSA) is 64.9 Å². The molecule has 0 bridgehead atoms. The Hall–Kier alpha value is -2.40. The van der Waals surface area contributed by atoms with E-state index in [1.54, 1.807) is 6.08 Å². The van der Waals surface area contributed by atoms with Crippen molar-refractivity contribution in [2.24, 2.45) is 0 Å². The zero-order valence-corrected chi connectivity index (χ0v) is 12.6. The fraction of sp³-hybridized carbons (Fsp3) is 0. The highest BCUT2D eigenvalue weighted by atomic mass is 79.9.